The van der Waals surface area contributed by atoms with Crippen molar-refractivity contribution in [1.29, 1.82) is 5.26 Å². The Labute approximate surface area is 102 Å². The van der Waals surface area contributed by atoms with Gasteiger partial charge >= 0.3 is 0 Å². The molecule has 0 aromatic heterocycles. The number of rotatable bonds is 6. The highest BCUT2D eigenvalue weighted by Gasteiger charge is 2.10. The monoisotopic (exact) mass is 234 g/mol. The molecule has 0 fully saturated rings. The van der Waals surface area contributed by atoms with Gasteiger partial charge in [-0.25, -0.2) is 0 Å². The van der Waals surface area contributed by atoms with Crippen LogP contribution >= 0.6 is 0 Å². The number of hydrogen-bond acceptors (Lipinski definition) is 4. The Hall–Kier alpha value is -1.57. The van der Waals surface area contributed by atoms with E-state index in [-0.39, 0.29) is 6.04 Å². The zero-order chi connectivity index (χ0) is 12.7. The summed E-state index contributed by atoms with van der Waals surface area (Å²) in [5.41, 5.74) is 1.97. The lowest BCUT2D eigenvalue weighted by Crippen LogP contribution is -2.24. The predicted molar refractivity (Wildman–Crippen MR) is 66.0 cm³/mol. The van der Waals surface area contributed by atoms with Crippen LogP contribution in [0.15, 0.2) is 18.2 Å². The maximum Gasteiger partial charge on any atom is 0.121 e. The van der Waals surface area contributed by atoms with Crippen LogP contribution in [0.4, 0.5) is 0 Å². The summed E-state index contributed by atoms with van der Waals surface area (Å²) in [5.74, 6) is 0.835. The topological polar surface area (TPSA) is 54.3 Å². The average Bonchev–Trinajstić information content (AvgIpc) is 2.35. The molecule has 4 heteroatoms. The molecule has 1 aromatic rings. The smallest absolute Gasteiger partial charge is 0.121 e. The number of hydrogen-bond donors (Lipinski definition) is 1. The minimum atomic E-state index is -0.310. The van der Waals surface area contributed by atoms with Crippen molar-refractivity contribution in [2.75, 3.05) is 27.4 Å². The molecule has 1 rings (SSSR count). The van der Waals surface area contributed by atoms with Crippen LogP contribution in [-0.2, 0) is 4.74 Å². The highest BCUT2D eigenvalue weighted by molar-refractivity contribution is 5.38. The zero-order valence-corrected chi connectivity index (χ0v) is 10.5. The van der Waals surface area contributed by atoms with Crippen molar-refractivity contribution in [3.8, 4) is 11.8 Å². The molecule has 4 nitrogen and oxygen atoms in total. The fraction of sp³-hybridized carbons (Fsp3) is 0.462. The maximum absolute atomic E-state index is 9.11. The standard InChI is InChI=1S/C13H18N2O2/c1-10-8-11(4-5-13(10)17-3)12(9-14)15-6-7-16-2/h4-5,8,12,15H,6-7H2,1-3H3. The second-order valence-corrected chi connectivity index (χ2v) is 3.74. The van der Waals surface area contributed by atoms with Crippen LogP contribution < -0.4 is 10.1 Å². The van der Waals surface area contributed by atoms with Gasteiger partial charge in [-0.15, -0.1) is 0 Å². The lowest BCUT2D eigenvalue weighted by atomic mass is 10.0. The molecule has 1 unspecified atom stereocenters. The van der Waals surface area contributed by atoms with Gasteiger partial charge in [0.05, 0.1) is 19.8 Å². The third kappa shape index (κ3) is 3.74. The van der Waals surface area contributed by atoms with E-state index in [1.807, 2.05) is 25.1 Å². The van der Waals surface area contributed by atoms with Crippen molar-refractivity contribution in [2.24, 2.45) is 0 Å². The van der Waals surface area contributed by atoms with E-state index in [2.05, 4.69) is 11.4 Å². The molecule has 0 saturated heterocycles. The molecule has 0 aliphatic heterocycles. The summed E-state index contributed by atoms with van der Waals surface area (Å²) < 4.78 is 10.1. The number of ether oxygens (including phenoxy) is 2. The van der Waals surface area contributed by atoms with E-state index in [0.29, 0.717) is 13.2 Å². The van der Waals surface area contributed by atoms with Crippen molar-refractivity contribution >= 4 is 0 Å². The Morgan fingerprint density at radius 1 is 1.41 bits per heavy atom. The van der Waals surface area contributed by atoms with E-state index >= 15 is 0 Å². The Balaban J connectivity index is 2.75. The van der Waals surface area contributed by atoms with E-state index in [1.54, 1.807) is 14.2 Å². The lowest BCUT2D eigenvalue weighted by molar-refractivity contribution is 0.198. The van der Waals surface area contributed by atoms with Gasteiger partial charge in [-0.3, -0.25) is 5.32 Å². The molecule has 0 bridgehead atoms. The first-order valence-electron chi connectivity index (χ1n) is 5.49. The molecule has 0 aliphatic rings. The van der Waals surface area contributed by atoms with Gasteiger partial charge in [-0.1, -0.05) is 6.07 Å². The Bertz CT molecular complexity index is 399. The molecule has 0 spiro atoms. The molecular formula is C13H18N2O2. The van der Waals surface area contributed by atoms with Crippen molar-refractivity contribution in [1.82, 2.24) is 5.32 Å². The van der Waals surface area contributed by atoms with Crippen LogP contribution in [0.2, 0.25) is 0 Å². The molecule has 0 amide bonds. The van der Waals surface area contributed by atoms with Crippen LogP contribution in [0, 0.1) is 18.3 Å². The Morgan fingerprint density at radius 3 is 2.71 bits per heavy atom. The van der Waals surface area contributed by atoms with Gasteiger partial charge in [0.25, 0.3) is 0 Å². The SMILES string of the molecule is COCCNC(C#N)c1ccc(OC)c(C)c1. The van der Waals surface area contributed by atoms with E-state index in [1.165, 1.54) is 0 Å². The molecule has 1 N–H and O–H groups in total. The molecule has 0 radical (unpaired) electrons. The number of benzene rings is 1. The summed E-state index contributed by atoms with van der Waals surface area (Å²) in [5, 5.41) is 12.2. The van der Waals surface area contributed by atoms with Gasteiger partial charge in [-0.2, -0.15) is 5.26 Å². The Morgan fingerprint density at radius 2 is 2.18 bits per heavy atom. The zero-order valence-electron chi connectivity index (χ0n) is 10.5. The van der Waals surface area contributed by atoms with Crippen LogP contribution in [0.25, 0.3) is 0 Å². The number of methoxy groups -OCH3 is 2. The highest BCUT2D eigenvalue weighted by atomic mass is 16.5. The fourth-order valence-corrected chi connectivity index (χ4v) is 1.62. The number of nitriles is 1. The van der Waals surface area contributed by atoms with Crippen molar-refractivity contribution in [3.05, 3.63) is 29.3 Å². The first-order chi connectivity index (χ1) is 8.22. The largest absolute Gasteiger partial charge is 0.496 e. The van der Waals surface area contributed by atoms with Gasteiger partial charge in [0.2, 0.25) is 0 Å². The number of nitrogens with zero attached hydrogens (tertiary/aromatic N) is 1. The quantitative estimate of drug-likeness (QED) is 0.763. The van der Waals surface area contributed by atoms with E-state index in [0.717, 1.165) is 16.9 Å². The summed E-state index contributed by atoms with van der Waals surface area (Å²) >= 11 is 0. The van der Waals surface area contributed by atoms with E-state index in [9.17, 15) is 0 Å². The Kier molecular flexibility index (Phi) is 5.47. The van der Waals surface area contributed by atoms with Crippen LogP contribution in [-0.4, -0.2) is 27.4 Å². The maximum atomic E-state index is 9.11. The summed E-state index contributed by atoms with van der Waals surface area (Å²) in [6.45, 7) is 3.21. The first kappa shape index (κ1) is 13.5. The third-order valence-corrected chi connectivity index (χ3v) is 2.54. The molecule has 0 aliphatic carbocycles. The lowest BCUT2D eigenvalue weighted by Gasteiger charge is -2.13. The van der Waals surface area contributed by atoms with Crippen LogP contribution in [0.5, 0.6) is 5.75 Å². The summed E-state index contributed by atoms with van der Waals surface area (Å²) in [6, 6.07) is 7.67. The summed E-state index contributed by atoms with van der Waals surface area (Å²) in [6.07, 6.45) is 0. The summed E-state index contributed by atoms with van der Waals surface area (Å²) in [7, 11) is 3.28. The second kappa shape index (κ2) is 6.89. The second-order valence-electron chi connectivity index (χ2n) is 3.74. The number of nitrogens with one attached hydrogen (secondary N) is 1. The van der Waals surface area contributed by atoms with Gasteiger partial charge in [0.1, 0.15) is 11.8 Å². The van der Waals surface area contributed by atoms with Gasteiger partial charge in [0, 0.05) is 13.7 Å². The summed E-state index contributed by atoms with van der Waals surface area (Å²) in [4.78, 5) is 0. The van der Waals surface area contributed by atoms with E-state index < -0.39 is 0 Å². The third-order valence-electron chi connectivity index (χ3n) is 2.54. The first-order valence-corrected chi connectivity index (χ1v) is 5.49. The van der Waals surface area contributed by atoms with Crippen molar-refractivity contribution < 1.29 is 9.47 Å². The highest BCUT2D eigenvalue weighted by Crippen LogP contribution is 2.22. The van der Waals surface area contributed by atoms with Gasteiger partial charge in [-0.05, 0) is 30.2 Å². The predicted octanol–water partition coefficient (Wildman–Crippen LogP) is 1.80. The van der Waals surface area contributed by atoms with Crippen molar-refractivity contribution in [3.63, 3.8) is 0 Å². The fourth-order valence-electron chi connectivity index (χ4n) is 1.62. The molecular weight excluding hydrogens is 216 g/mol. The van der Waals surface area contributed by atoms with Crippen LogP contribution in [0.1, 0.15) is 17.2 Å². The van der Waals surface area contributed by atoms with Gasteiger partial charge in [0.15, 0.2) is 0 Å². The minimum Gasteiger partial charge on any atom is -0.496 e. The van der Waals surface area contributed by atoms with Gasteiger partial charge < -0.3 is 9.47 Å². The molecule has 1 atom stereocenters. The molecule has 92 valence electrons. The molecule has 17 heavy (non-hydrogen) atoms. The molecule has 0 saturated carbocycles. The average molecular weight is 234 g/mol. The van der Waals surface area contributed by atoms with E-state index in [4.69, 9.17) is 14.7 Å². The molecule has 0 heterocycles. The minimum absolute atomic E-state index is 0.310. The molecule has 1 aromatic carbocycles. The number of aryl methyl sites for hydroxylation is 1. The normalized spacial score (nSPS) is 11.9. The van der Waals surface area contributed by atoms with Crippen molar-refractivity contribution in [2.45, 2.75) is 13.0 Å². The van der Waals surface area contributed by atoms with Crippen LogP contribution in [0.3, 0.4) is 0 Å².